The Bertz CT molecular complexity index is 507. The summed E-state index contributed by atoms with van der Waals surface area (Å²) in [6.45, 7) is 2.37. The summed E-state index contributed by atoms with van der Waals surface area (Å²) in [4.78, 5) is 2.27. The Balaban J connectivity index is 2.06. The van der Waals surface area contributed by atoms with E-state index < -0.39 is 0 Å². The molecule has 0 radical (unpaired) electrons. The SMILES string of the molecule is COC1CCCN(Cc2cc(F)cc(C#CCO)c2)C1. The van der Waals surface area contributed by atoms with Gasteiger partial charge in [-0.1, -0.05) is 11.8 Å². The van der Waals surface area contributed by atoms with Gasteiger partial charge in [0.15, 0.2) is 0 Å². The van der Waals surface area contributed by atoms with Crippen LogP contribution in [-0.2, 0) is 11.3 Å². The van der Waals surface area contributed by atoms with Crippen molar-refractivity contribution in [2.75, 3.05) is 26.8 Å². The second-order valence-electron chi connectivity index (χ2n) is 5.04. The molecule has 1 aliphatic rings. The molecular formula is C16H20FNO2. The third-order valence-corrected chi connectivity index (χ3v) is 3.47. The van der Waals surface area contributed by atoms with Crippen molar-refractivity contribution in [1.82, 2.24) is 4.90 Å². The first-order valence-electron chi connectivity index (χ1n) is 6.85. The highest BCUT2D eigenvalue weighted by atomic mass is 19.1. The summed E-state index contributed by atoms with van der Waals surface area (Å²) in [7, 11) is 1.74. The number of nitrogens with zero attached hydrogens (tertiary/aromatic N) is 1. The lowest BCUT2D eigenvalue weighted by molar-refractivity contribution is 0.0285. The van der Waals surface area contributed by atoms with E-state index in [1.165, 1.54) is 6.07 Å². The van der Waals surface area contributed by atoms with Gasteiger partial charge in [-0.05, 0) is 43.1 Å². The molecule has 20 heavy (non-hydrogen) atoms. The summed E-state index contributed by atoms with van der Waals surface area (Å²) >= 11 is 0. The topological polar surface area (TPSA) is 32.7 Å². The minimum atomic E-state index is -0.287. The molecule has 2 rings (SSSR count). The summed E-state index contributed by atoms with van der Waals surface area (Å²) in [6, 6.07) is 4.81. The normalized spacial score (nSPS) is 19.4. The Hall–Kier alpha value is -1.41. The molecule has 1 atom stereocenters. The highest BCUT2D eigenvalue weighted by Crippen LogP contribution is 2.17. The van der Waals surface area contributed by atoms with Crippen LogP contribution in [0.15, 0.2) is 18.2 Å². The van der Waals surface area contributed by atoms with Crippen molar-refractivity contribution < 1.29 is 14.2 Å². The minimum Gasteiger partial charge on any atom is -0.384 e. The van der Waals surface area contributed by atoms with Gasteiger partial charge < -0.3 is 9.84 Å². The molecule has 1 N–H and O–H groups in total. The molecule has 1 aromatic carbocycles. The zero-order chi connectivity index (χ0) is 14.4. The third-order valence-electron chi connectivity index (χ3n) is 3.47. The number of aliphatic hydroxyl groups excluding tert-OH is 1. The van der Waals surface area contributed by atoms with Gasteiger partial charge in [-0.3, -0.25) is 4.90 Å². The molecule has 0 aromatic heterocycles. The lowest BCUT2D eigenvalue weighted by atomic mass is 10.1. The summed E-state index contributed by atoms with van der Waals surface area (Å²) in [6.07, 6.45) is 2.46. The van der Waals surface area contributed by atoms with Crippen molar-refractivity contribution in [2.24, 2.45) is 0 Å². The van der Waals surface area contributed by atoms with Crippen molar-refractivity contribution >= 4 is 0 Å². The van der Waals surface area contributed by atoms with Crippen LogP contribution in [0.25, 0.3) is 0 Å². The smallest absolute Gasteiger partial charge is 0.124 e. The maximum Gasteiger partial charge on any atom is 0.124 e. The molecule has 1 fully saturated rings. The minimum absolute atomic E-state index is 0.215. The Morgan fingerprint density at radius 2 is 2.30 bits per heavy atom. The Morgan fingerprint density at radius 3 is 3.05 bits per heavy atom. The van der Waals surface area contributed by atoms with E-state index in [0.717, 1.165) is 31.5 Å². The summed E-state index contributed by atoms with van der Waals surface area (Å²) in [5, 5.41) is 8.69. The van der Waals surface area contributed by atoms with Crippen LogP contribution in [0.3, 0.4) is 0 Å². The molecule has 4 heteroatoms. The average Bonchev–Trinajstić information content (AvgIpc) is 2.44. The average molecular weight is 277 g/mol. The van der Waals surface area contributed by atoms with Gasteiger partial charge in [-0.15, -0.1) is 0 Å². The number of methoxy groups -OCH3 is 1. The van der Waals surface area contributed by atoms with Crippen molar-refractivity contribution in [3.8, 4) is 11.8 Å². The number of benzene rings is 1. The molecule has 108 valence electrons. The van der Waals surface area contributed by atoms with Crippen LogP contribution in [0.2, 0.25) is 0 Å². The summed E-state index contributed by atoms with van der Waals surface area (Å²) < 4.78 is 19.0. The van der Waals surface area contributed by atoms with E-state index in [2.05, 4.69) is 16.7 Å². The largest absolute Gasteiger partial charge is 0.384 e. The van der Waals surface area contributed by atoms with E-state index in [1.54, 1.807) is 13.2 Å². The zero-order valence-corrected chi connectivity index (χ0v) is 11.7. The van der Waals surface area contributed by atoms with E-state index in [4.69, 9.17) is 9.84 Å². The number of hydrogen-bond acceptors (Lipinski definition) is 3. The lowest BCUT2D eigenvalue weighted by Gasteiger charge is -2.31. The van der Waals surface area contributed by atoms with Crippen LogP contribution < -0.4 is 0 Å². The second kappa shape index (κ2) is 7.39. The standard InChI is InChI=1S/C16H20FNO2/c1-20-16-5-2-6-18(12-16)11-14-8-13(4-3-7-19)9-15(17)10-14/h8-10,16,19H,2,5-7,11-12H2,1H3. The van der Waals surface area contributed by atoms with Gasteiger partial charge in [0.1, 0.15) is 12.4 Å². The number of likely N-dealkylation sites (tertiary alicyclic amines) is 1. The first kappa shape index (κ1) is 15.0. The summed E-state index contributed by atoms with van der Waals surface area (Å²) in [5.74, 6) is 5.01. The molecule has 1 unspecified atom stereocenters. The zero-order valence-electron chi connectivity index (χ0n) is 11.7. The van der Waals surface area contributed by atoms with Crippen molar-refractivity contribution in [2.45, 2.75) is 25.5 Å². The van der Waals surface area contributed by atoms with Crippen LogP contribution in [0.1, 0.15) is 24.0 Å². The molecule has 0 amide bonds. The van der Waals surface area contributed by atoms with Gasteiger partial charge in [-0.25, -0.2) is 4.39 Å². The molecule has 1 heterocycles. The molecule has 0 aliphatic carbocycles. The quantitative estimate of drug-likeness (QED) is 0.855. The van der Waals surface area contributed by atoms with E-state index in [0.29, 0.717) is 12.1 Å². The number of piperidine rings is 1. The fourth-order valence-electron chi connectivity index (χ4n) is 2.56. The molecule has 1 saturated heterocycles. The van der Waals surface area contributed by atoms with Crippen molar-refractivity contribution in [1.29, 1.82) is 0 Å². The third kappa shape index (κ3) is 4.31. The summed E-state index contributed by atoms with van der Waals surface area (Å²) in [5.41, 5.74) is 1.51. The maximum absolute atomic E-state index is 13.6. The van der Waals surface area contributed by atoms with Gasteiger partial charge in [0.2, 0.25) is 0 Å². The van der Waals surface area contributed by atoms with Crippen LogP contribution in [0.4, 0.5) is 4.39 Å². The predicted octanol–water partition coefficient (Wildman–Crippen LogP) is 1.78. The van der Waals surface area contributed by atoms with Crippen molar-refractivity contribution in [3.05, 3.63) is 35.1 Å². The van der Waals surface area contributed by atoms with E-state index in [9.17, 15) is 4.39 Å². The van der Waals surface area contributed by atoms with Gasteiger partial charge in [0.05, 0.1) is 6.10 Å². The van der Waals surface area contributed by atoms with Crippen LogP contribution in [-0.4, -0.2) is 42.9 Å². The molecule has 3 nitrogen and oxygen atoms in total. The van der Waals surface area contributed by atoms with E-state index >= 15 is 0 Å². The molecule has 0 spiro atoms. The molecule has 0 saturated carbocycles. The Kier molecular flexibility index (Phi) is 5.54. The second-order valence-corrected chi connectivity index (χ2v) is 5.04. The van der Waals surface area contributed by atoms with Gasteiger partial charge in [-0.2, -0.15) is 0 Å². The number of halogens is 1. The number of hydrogen-bond donors (Lipinski definition) is 1. The molecular weight excluding hydrogens is 257 g/mol. The van der Waals surface area contributed by atoms with Crippen molar-refractivity contribution in [3.63, 3.8) is 0 Å². The first-order valence-corrected chi connectivity index (χ1v) is 6.85. The number of ether oxygens (including phenoxy) is 1. The van der Waals surface area contributed by atoms with E-state index in [1.807, 2.05) is 6.07 Å². The Morgan fingerprint density at radius 1 is 1.45 bits per heavy atom. The predicted molar refractivity (Wildman–Crippen MR) is 75.7 cm³/mol. The highest BCUT2D eigenvalue weighted by molar-refractivity contribution is 5.37. The highest BCUT2D eigenvalue weighted by Gasteiger charge is 2.19. The van der Waals surface area contributed by atoms with Gasteiger partial charge in [0.25, 0.3) is 0 Å². The van der Waals surface area contributed by atoms with Gasteiger partial charge in [0, 0.05) is 25.8 Å². The fourth-order valence-corrected chi connectivity index (χ4v) is 2.56. The maximum atomic E-state index is 13.6. The van der Waals surface area contributed by atoms with Crippen LogP contribution in [0.5, 0.6) is 0 Å². The Labute approximate surface area is 119 Å². The van der Waals surface area contributed by atoms with Gasteiger partial charge >= 0.3 is 0 Å². The lowest BCUT2D eigenvalue weighted by Crippen LogP contribution is -2.38. The van der Waals surface area contributed by atoms with Crippen LogP contribution in [0, 0.1) is 17.7 Å². The molecule has 0 bridgehead atoms. The van der Waals surface area contributed by atoms with E-state index in [-0.39, 0.29) is 18.5 Å². The fraction of sp³-hybridized carbons (Fsp3) is 0.500. The number of rotatable bonds is 3. The number of aliphatic hydroxyl groups is 1. The molecule has 1 aliphatic heterocycles. The first-order chi connectivity index (χ1) is 9.71. The van der Waals surface area contributed by atoms with Crippen LogP contribution >= 0.6 is 0 Å². The molecule has 1 aromatic rings. The monoisotopic (exact) mass is 277 g/mol.